The Morgan fingerprint density at radius 1 is 0.915 bits per heavy atom. The van der Waals surface area contributed by atoms with E-state index >= 15 is 0 Å². The first kappa shape index (κ1) is 42.0. The van der Waals surface area contributed by atoms with Crippen LogP contribution in [0.5, 0.6) is 5.88 Å². The molecule has 0 amide bonds. The Morgan fingerprint density at radius 2 is 1.55 bits per heavy atom. The Labute approximate surface area is 288 Å². The van der Waals surface area contributed by atoms with Crippen LogP contribution in [0.2, 0.25) is 0 Å². The van der Waals surface area contributed by atoms with Gasteiger partial charge in [0, 0.05) is 72.9 Å². The van der Waals surface area contributed by atoms with Crippen LogP contribution in [0.4, 0.5) is 5.69 Å². The van der Waals surface area contributed by atoms with Crippen molar-refractivity contribution in [1.29, 1.82) is 0 Å². The van der Waals surface area contributed by atoms with E-state index in [0.29, 0.717) is 42.7 Å². The molecule has 12 heteroatoms. The highest BCUT2D eigenvalue weighted by molar-refractivity contribution is 9.10. The van der Waals surface area contributed by atoms with Crippen molar-refractivity contribution in [2.45, 2.75) is 63.5 Å². The van der Waals surface area contributed by atoms with E-state index in [1.54, 1.807) is 23.2 Å². The number of likely N-dealkylation sites (N-methyl/N-ethyl adjacent to an activating group) is 1. The highest BCUT2D eigenvalue weighted by Gasteiger charge is 2.27. The first-order valence-corrected chi connectivity index (χ1v) is 17.0. The fraction of sp³-hybridized carbons (Fsp3) is 0.571. The van der Waals surface area contributed by atoms with Gasteiger partial charge in [0.05, 0.1) is 18.8 Å². The van der Waals surface area contributed by atoms with Gasteiger partial charge in [-0.15, -0.1) is 0 Å². The van der Waals surface area contributed by atoms with E-state index in [1.807, 2.05) is 46.4 Å². The van der Waals surface area contributed by atoms with Gasteiger partial charge in [0.25, 0.3) is 0 Å². The number of hydrogen-bond acceptors (Lipinski definition) is 11. The molecule has 2 aromatic rings. The zero-order chi connectivity index (χ0) is 34.7. The van der Waals surface area contributed by atoms with Crippen molar-refractivity contribution in [2.75, 3.05) is 72.6 Å². The summed E-state index contributed by atoms with van der Waals surface area (Å²) in [5, 5.41) is 2.75. The number of nitrogens with zero attached hydrogens (tertiary/aromatic N) is 3. The number of unbranched alkanes of at least 4 members (excludes halogenated alkanes) is 4. The van der Waals surface area contributed by atoms with Gasteiger partial charge in [-0.2, -0.15) is 0 Å². The van der Waals surface area contributed by atoms with E-state index in [-0.39, 0.29) is 12.1 Å². The number of benzene rings is 1. The smallest absolute Gasteiger partial charge is 0.213 e. The lowest BCUT2D eigenvalue weighted by Gasteiger charge is -2.40. The van der Waals surface area contributed by atoms with Crippen LogP contribution in [0.25, 0.3) is 0 Å². The molecule has 3 rings (SSSR count). The summed E-state index contributed by atoms with van der Waals surface area (Å²) in [5.74, 6) is 0.664. The van der Waals surface area contributed by atoms with Crippen molar-refractivity contribution >= 4 is 46.8 Å². The summed E-state index contributed by atoms with van der Waals surface area (Å²) >= 11 is 3.36. The van der Waals surface area contributed by atoms with Crippen LogP contribution in [-0.4, -0.2) is 115 Å². The molecule has 0 bridgehead atoms. The number of halogens is 1. The Bertz CT molecular complexity index is 1130. The minimum atomic E-state index is -0.106. The van der Waals surface area contributed by atoms with Crippen molar-refractivity contribution in [3.63, 3.8) is 0 Å². The topological polar surface area (TPSA) is 127 Å². The number of pyridine rings is 1. The van der Waals surface area contributed by atoms with Crippen LogP contribution in [-0.2, 0) is 19.1 Å². The number of ether oxygens (including phenoxy) is 3. The monoisotopic (exact) mass is 720 g/mol. The van der Waals surface area contributed by atoms with Gasteiger partial charge in [-0.05, 0) is 113 Å². The number of nitrogens with one attached hydrogen (secondary N) is 1. The van der Waals surface area contributed by atoms with Gasteiger partial charge < -0.3 is 34.0 Å². The van der Waals surface area contributed by atoms with Gasteiger partial charge >= 0.3 is 0 Å². The van der Waals surface area contributed by atoms with Gasteiger partial charge in [-0.3, -0.25) is 14.5 Å². The third-order valence-electron chi connectivity index (χ3n) is 7.11. The first-order chi connectivity index (χ1) is 22.8. The number of anilines is 1. The third kappa shape index (κ3) is 18.8. The van der Waals surface area contributed by atoms with E-state index < -0.39 is 0 Å². The number of carbonyl (C=O) groups is 4. The molecule has 1 aromatic carbocycles. The van der Waals surface area contributed by atoms with Gasteiger partial charge in [0.1, 0.15) is 12.6 Å². The molecule has 1 aromatic heterocycles. The Kier molecular flexibility index (Phi) is 24.1. The standard InChI is InChI=1S/C26H33BrN2O5.C7H13NO2.C2H7N/c27-23-8-10-26(28-16-23)34-14-6-2-4-12-32-11-3-1-5-13-33-25-17-29(18-25)24-9-7-21(19-30)22(15-24)20-31;1-8(2)7(6-10)4-3-5-9;1-3-2/h7-10,15-16,19-20,25H,1-6,11-14,17-18H2;5-7H,3-4H2,1-2H3;3H,1-2H3. The Morgan fingerprint density at radius 3 is 2.11 bits per heavy atom. The minimum absolute atomic E-state index is 0.106. The molecule has 1 N–H and O–H groups in total. The van der Waals surface area contributed by atoms with E-state index in [0.717, 1.165) is 100 Å². The lowest BCUT2D eigenvalue weighted by Crippen LogP contribution is -2.52. The summed E-state index contributed by atoms with van der Waals surface area (Å²) in [6, 6.07) is 9.02. The summed E-state index contributed by atoms with van der Waals surface area (Å²) in [6.45, 7) is 4.66. The molecule has 11 nitrogen and oxygen atoms in total. The fourth-order valence-corrected chi connectivity index (χ4v) is 4.59. The molecule has 1 fully saturated rings. The SMILES string of the molecule is CN(C)C(C=O)CCC=O.CNC.O=Cc1ccc(N2CC(OCCCCCOCCCCCOc3ccc(Br)cn3)C2)cc1C=O. The van der Waals surface area contributed by atoms with Crippen LogP contribution >= 0.6 is 15.9 Å². The van der Waals surface area contributed by atoms with E-state index in [4.69, 9.17) is 14.2 Å². The number of aromatic nitrogens is 1. The number of hydrogen-bond donors (Lipinski definition) is 1. The molecule has 47 heavy (non-hydrogen) atoms. The van der Waals surface area contributed by atoms with Crippen LogP contribution in [0.15, 0.2) is 41.0 Å². The minimum Gasteiger partial charge on any atom is -0.478 e. The molecule has 0 aliphatic carbocycles. The highest BCUT2D eigenvalue weighted by atomic mass is 79.9. The molecule has 2 heterocycles. The van der Waals surface area contributed by atoms with Crippen LogP contribution in [0.3, 0.4) is 0 Å². The van der Waals surface area contributed by atoms with Crippen LogP contribution in [0.1, 0.15) is 72.1 Å². The van der Waals surface area contributed by atoms with Gasteiger partial charge in [-0.1, -0.05) is 0 Å². The maximum atomic E-state index is 11.1. The fourth-order valence-electron chi connectivity index (χ4n) is 4.35. The maximum absolute atomic E-state index is 11.1. The molecule has 1 atom stereocenters. The Hall–Kier alpha value is -3.03. The number of aldehydes is 4. The summed E-state index contributed by atoms with van der Waals surface area (Å²) in [6.07, 6.45) is 12.5. The van der Waals surface area contributed by atoms with Crippen molar-refractivity contribution in [3.05, 3.63) is 52.1 Å². The molecule has 262 valence electrons. The average molecular weight is 722 g/mol. The quantitative estimate of drug-likeness (QED) is 0.130. The van der Waals surface area contributed by atoms with Crippen molar-refractivity contribution in [2.24, 2.45) is 0 Å². The van der Waals surface area contributed by atoms with E-state index in [9.17, 15) is 19.2 Å². The van der Waals surface area contributed by atoms with E-state index in [2.05, 4.69) is 31.1 Å². The van der Waals surface area contributed by atoms with E-state index in [1.165, 1.54) is 0 Å². The third-order valence-corrected chi connectivity index (χ3v) is 7.58. The van der Waals surface area contributed by atoms with Crippen molar-refractivity contribution in [3.8, 4) is 5.88 Å². The number of carbonyl (C=O) groups excluding carboxylic acids is 4. The average Bonchev–Trinajstić information content (AvgIpc) is 3.05. The summed E-state index contributed by atoms with van der Waals surface area (Å²) in [7, 11) is 7.40. The maximum Gasteiger partial charge on any atom is 0.213 e. The van der Waals surface area contributed by atoms with Gasteiger partial charge in [0.15, 0.2) is 12.6 Å². The predicted octanol–water partition coefficient (Wildman–Crippen LogP) is 5.04. The molecule has 1 unspecified atom stereocenters. The van der Waals surface area contributed by atoms with Crippen molar-refractivity contribution < 1.29 is 33.4 Å². The lowest BCUT2D eigenvalue weighted by atomic mass is 10.1. The molecular formula is C35H53BrN4O7. The predicted molar refractivity (Wildman–Crippen MR) is 189 cm³/mol. The molecule has 0 radical (unpaired) electrons. The summed E-state index contributed by atoms with van der Waals surface area (Å²) < 4.78 is 18.2. The zero-order valence-corrected chi connectivity index (χ0v) is 30.0. The summed E-state index contributed by atoms with van der Waals surface area (Å²) in [5.41, 5.74) is 1.82. The second kappa shape index (κ2) is 27.0. The van der Waals surface area contributed by atoms with Crippen LogP contribution < -0.4 is 15.0 Å². The lowest BCUT2D eigenvalue weighted by molar-refractivity contribution is -0.112. The molecule has 1 saturated heterocycles. The second-order valence-electron chi connectivity index (χ2n) is 11.3. The highest BCUT2D eigenvalue weighted by Crippen LogP contribution is 2.24. The van der Waals surface area contributed by atoms with Crippen molar-refractivity contribution in [1.82, 2.24) is 15.2 Å². The normalized spacial score (nSPS) is 12.9. The first-order valence-electron chi connectivity index (χ1n) is 16.2. The van der Waals surface area contributed by atoms with Crippen LogP contribution in [0, 0.1) is 0 Å². The molecule has 1 aliphatic heterocycles. The zero-order valence-electron chi connectivity index (χ0n) is 28.4. The molecular weight excluding hydrogens is 668 g/mol. The molecule has 0 spiro atoms. The van der Waals surface area contributed by atoms with Gasteiger partial charge in [-0.25, -0.2) is 4.98 Å². The summed E-state index contributed by atoms with van der Waals surface area (Å²) in [4.78, 5) is 50.4. The largest absolute Gasteiger partial charge is 0.478 e. The second-order valence-corrected chi connectivity index (χ2v) is 12.2. The Balaban J connectivity index is 0.000000719. The van der Waals surface area contributed by atoms with Gasteiger partial charge in [0.2, 0.25) is 5.88 Å². The molecule has 1 aliphatic rings. The molecule has 0 saturated carbocycles. The number of rotatable bonds is 22.